The highest BCUT2D eigenvalue weighted by atomic mass is 35.5. The molecule has 0 saturated carbocycles. The Kier molecular flexibility index (Phi) is 4.84. The Bertz CT molecular complexity index is 1170. The third-order valence-corrected chi connectivity index (χ3v) is 5.10. The van der Waals surface area contributed by atoms with Crippen molar-refractivity contribution in [3.63, 3.8) is 0 Å². The predicted octanol–water partition coefficient (Wildman–Crippen LogP) is 5.96. The Hall–Kier alpha value is -3.20. The average Bonchev–Trinajstić information content (AvgIpc) is 3.19. The molecule has 4 nitrogen and oxygen atoms in total. The maximum absolute atomic E-state index is 9.45. The first-order chi connectivity index (χ1) is 13.2. The largest absolute Gasteiger partial charge is 0.277 e. The van der Waals surface area contributed by atoms with Crippen LogP contribution in [-0.4, -0.2) is 10.7 Å². The molecule has 6 heteroatoms. The van der Waals surface area contributed by atoms with Crippen molar-refractivity contribution in [2.75, 3.05) is 5.43 Å². The highest BCUT2D eigenvalue weighted by Crippen LogP contribution is 2.26. The molecule has 1 heterocycles. The summed E-state index contributed by atoms with van der Waals surface area (Å²) in [6.07, 6.45) is 0. The van der Waals surface area contributed by atoms with Crippen LogP contribution >= 0.6 is 22.9 Å². The standard InChI is InChI=1S/C21H13ClN4S/c22-17-7-9-18(10-8-17)25-26-19(12-23)21-24-20(13-27-21)16-6-5-14-3-1-2-4-15(14)11-16/h1-11,13,25H. The molecule has 1 aromatic heterocycles. The van der Waals surface area contributed by atoms with E-state index in [1.807, 2.05) is 23.6 Å². The normalized spacial score (nSPS) is 11.3. The number of halogens is 1. The number of thiazole rings is 1. The van der Waals surface area contributed by atoms with Gasteiger partial charge in [-0.05, 0) is 41.1 Å². The summed E-state index contributed by atoms with van der Waals surface area (Å²) in [5, 5.41) is 19.1. The van der Waals surface area contributed by atoms with Crippen molar-refractivity contribution in [1.29, 1.82) is 5.26 Å². The van der Waals surface area contributed by atoms with Crippen molar-refractivity contribution in [3.05, 3.63) is 82.1 Å². The first kappa shape index (κ1) is 17.2. The lowest BCUT2D eigenvalue weighted by molar-refractivity contribution is 1.31. The van der Waals surface area contributed by atoms with Crippen molar-refractivity contribution < 1.29 is 0 Å². The van der Waals surface area contributed by atoms with E-state index in [1.165, 1.54) is 16.7 Å². The first-order valence-corrected chi connectivity index (χ1v) is 9.43. The van der Waals surface area contributed by atoms with Crippen LogP contribution in [0.25, 0.3) is 22.0 Å². The minimum atomic E-state index is 0.238. The molecule has 0 bridgehead atoms. The van der Waals surface area contributed by atoms with E-state index in [1.54, 1.807) is 24.3 Å². The highest BCUT2D eigenvalue weighted by molar-refractivity contribution is 7.12. The summed E-state index contributed by atoms with van der Waals surface area (Å²) in [7, 11) is 0. The van der Waals surface area contributed by atoms with Gasteiger partial charge >= 0.3 is 0 Å². The number of nitrogens with zero attached hydrogens (tertiary/aromatic N) is 3. The summed E-state index contributed by atoms with van der Waals surface area (Å²) >= 11 is 7.27. The van der Waals surface area contributed by atoms with Gasteiger partial charge in [0.1, 0.15) is 6.07 Å². The Morgan fingerprint density at radius 3 is 2.59 bits per heavy atom. The molecule has 1 N–H and O–H groups in total. The molecule has 0 fully saturated rings. The molecule has 0 unspecified atom stereocenters. The van der Waals surface area contributed by atoms with E-state index in [9.17, 15) is 5.26 Å². The van der Waals surface area contributed by atoms with E-state index in [0.29, 0.717) is 10.0 Å². The zero-order chi connectivity index (χ0) is 18.6. The molecular weight excluding hydrogens is 376 g/mol. The molecule has 0 saturated heterocycles. The monoisotopic (exact) mass is 388 g/mol. The van der Waals surface area contributed by atoms with Crippen molar-refractivity contribution in [2.45, 2.75) is 0 Å². The number of hydrogen-bond acceptors (Lipinski definition) is 5. The molecular formula is C21H13ClN4S. The minimum Gasteiger partial charge on any atom is -0.277 e. The van der Waals surface area contributed by atoms with E-state index < -0.39 is 0 Å². The third-order valence-electron chi connectivity index (χ3n) is 4.00. The zero-order valence-electron chi connectivity index (χ0n) is 14.1. The number of nitrogens with one attached hydrogen (secondary N) is 1. The number of hydrazone groups is 1. The van der Waals surface area contributed by atoms with Gasteiger partial charge in [-0.2, -0.15) is 10.4 Å². The topological polar surface area (TPSA) is 61.1 Å². The zero-order valence-corrected chi connectivity index (χ0v) is 15.6. The van der Waals surface area contributed by atoms with E-state index in [0.717, 1.165) is 22.3 Å². The fourth-order valence-electron chi connectivity index (χ4n) is 2.63. The number of fused-ring (bicyclic) bond motifs is 1. The number of hydrogen-bond donors (Lipinski definition) is 1. The first-order valence-electron chi connectivity index (χ1n) is 8.17. The van der Waals surface area contributed by atoms with E-state index in [-0.39, 0.29) is 5.71 Å². The van der Waals surface area contributed by atoms with Gasteiger partial charge < -0.3 is 0 Å². The lowest BCUT2D eigenvalue weighted by atomic mass is 10.1. The van der Waals surface area contributed by atoms with Gasteiger partial charge in [0.25, 0.3) is 0 Å². The maximum atomic E-state index is 9.45. The Morgan fingerprint density at radius 1 is 1.04 bits per heavy atom. The smallest absolute Gasteiger partial charge is 0.196 e. The van der Waals surface area contributed by atoms with E-state index in [4.69, 9.17) is 11.6 Å². The molecule has 130 valence electrons. The molecule has 4 aromatic rings. The van der Waals surface area contributed by atoms with Crippen molar-refractivity contribution in [1.82, 2.24) is 4.98 Å². The van der Waals surface area contributed by atoms with Gasteiger partial charge in [0.2, 0.25) is 0 Å². The number of anilines is 1. The van der Waals surface area contributed by atoms with Crippen LogP contribution in [0.4, 0.5) is 5.69 Å². The van der Waals surface area contributed by atoms with Crippen LogP contribution in [0, 0.1) is 11.3 Å². The highest BCUT2D eigenvalue weighted by Gasteiger charge is 2.11. The van der Waals surface area contributed by atoms with Crippen LogP contribution in [0.15, 0.2) is 77.2 Å². The maximum Gasteiger partial charge on any atom is 0.196 e. The summed E-state index contributed by atoms with van der Waals surface area (Å²) in [6, 6.07) is 23.6. The molecule has 0 amide bonds. The lowest BCUT2D eigenvalue weighted by Gasteiger charge is -2.01. The summed E-state index contributed by atoms with van der Waals surface area (Å²) in [4.78, 5) is 4.59. The molecule has 0 aliphatic rings. The van der Waals surface area contributed by atoms with Crippen LogP contribution in [0.1, 0.15) is 5.01 Å². The number of nitriles is 1. The quantitative estimate of drug-likeness (QED) is 0.346. The average molecular weight is 389 g/mol. The van der Waals surface area contributed by atoms with Gasteiger partial charge in [0.05, 0.1) is 11.4 Å². The summed E-state index contributed by atoms with van der Waals surface area (Å²) < 4.78 is 0. The number of rotatable bonds is 4. The van der Waals surface area contributed by atoms with Crippen molar-refractivity contribution in [3.8, 4) is 17.3 Å². The van der Waals surface area contributed by atoms with Crippen LogP contribution in [0.5, 0.6) is 0 Å². The summed E-state index contributed by atoms with van der Waals surface area (Å²) in [5.41, 5.74) is 5.70. The van der Waals surface area contributed by atoms with Crippen molar-refractivity contribution in [2.24, 2.45) is 5.10 Å². The van der Waals surface area contributed by atoms with Gasteiger partial charge in [0.15, 0.2) is 10.7 Å². The lowest BCUT2D eigenvalue weighted by Crippen LogP contribution is -2.01. The van der Waals surface area contributed by atoms with E-state index >= 15 is 0 Å². The fraction of sp³-hybridized carbons (Fsp3) is 0. The molecule has 0 atom stereocenters. The van der Waals surface area contributed by atoms with Gasteiger partial charge in [-0.3, -0.25) is 5.43 Å². The molecule has 3 aromatic carbocycles. The van der Waals surface area contributed by atoms with Gasteiger partial charge in [-0.1, -0.05) is 48.0 Å². The molecule has 4 rings (SSSR count). The number of aromatic nitrogens is 1. The van der Waals surface area contributed by atoms with Crippen LogP contribution in [-0.2, 0) is 0 Å². The van der Waals surface area contributed by atoms with Crippen molar-refractivity contribution >= 4 is 45.1 Å². The van der Waals surface area contributed by atoms with E-state index in [2.05, 4.69) is 45.8 Å². The minimum absolute atomic E-state index is 0.238. The molecule has 27 heavy (non-hydrogen) atoms. The Balaban J connectivity index is 1.60. The molecule has 0 aliphatic carbocycles. The predicted molar refractivity (Wildman–Crippen MR) is 112 cm³/mol. The number of benzene rings is 3. The van der Waals surface area contributed by atoms with Crippen LogP contribution < -0.4 is 5.43 Å². The third kappa shape index (κ3) is 3.82. The fourth-order valence-corrected chi connectivity index (χ4v) is 3.52. The molecule has 0 radical (unpaired) electrons. The Labute approximate surface area is 165 Å². The SMILES string of the molecule is N#CC(=NNc1ccc(Cl)cc1)c1nc(-c2ccc3ccccc3c2)cs1. The molecule has 0 spiro atoms. The Morgan fingerprint density at radius 2 is 1.81 bits per heavy atom. The van der Waals surface area contributed by atoms with Gasteiger partial charge in [-0.15, -0.1) is 11.3 Å². The summed E-state index contributed by atoms with van der Waals surface area (Å²) in [6.45, 7) is 0. The van der Waals surface area contributed by atoms with Crippen LogP contribution in [0.2, 0.25) is 5.02 Å². The molecule has 0 aliphatic heterocycles. The van der Waals surface area contributed by atoms with Gasteiger partial charge in [0, 0.05) is 16.0 Å². The second-order valence-corrected chi connectivity index (χ2v) is 7.09. The summed E-state index contributed by atoms with van der Waals surface area (Å²) in [5.74, 6) is 0. The second-order valence-electron chi connectivity index (χ2n) is 5.79. The van der Waals surface area contributed by atoms with Crippen LogP contribution in [0.3, 0.4) is 0 Å². The van der Waals surface area contributed by atoms with Gasteiger partial charge in [-0.25, -0.2) is 4.98 Å². The second kappa shape index (κ2) is 7.58.